The third-order valence-corrected chi connectivity index (χ3v) is 9.23. The van der Waals surface area contributed by atoms with Crippen molar-refractivity contribution in [3.63, 3.8) is 0 Å². The monoisotopic (exact) mass is 856 g/mol. The van der Waals surface area contributed by atoms with Crippen LogP contribution in [0.2, 0.25) is 0 Å². The van der Waals surface area contributed by atoms with Gasteiger partial charge in [-0.1, -0.05) is 59.7 Å². The molecule has 0 radical (unpaired) electrons. The third-order valence-electron chi connectivity index (χ3n) is 9.23. The topological polar surface area (TPSA) is 244 Å². The van der Waals surface area contributed by atoms with Crippen LogP contribution in [0, 0.1) is 6.92 Å². The van der Waals surface area contributed by atoms with E-state index >= 15 is 0 Å². The molecular weight excluding hydrogens is 801 g/mol. The van der Waals surface area contributed by atoms with Gasteiger partial charge in [0.1, 0.15) is 24.2 Å². The number of aryl methyl sites for hydroxylation is 1. The van der Waals surface area contributed by atoms with Crippen LogP contribution in [-0.4, -0.2) is 119 Å². The van der Waals surface area contributed by atoms with E-state index in [1.54, 1.807) is 18.3 Å². The van der Waals surface area contributed by atoms with Gasteiger partial charge < -0.3 is 50.1 Å². The summed E-state index contributed by atoms with van der Waals surface area (Å²) in [4.78, 5) is 56.7. The Labute approximate surface area is 360 Å². The Bertz CT molecular complexity index is 2080. The van der Waals surface area contributed by atoms with E-state index in [4.69, 9.17) is 29.2 Å². The largest absolute Gasteiger partial charge is 0.491 e. The average Bonchev–Trinajstić information content (AvgIpc) is 3.26. The van der Waals surface area contributed by atoms with E-state index in [0.29, 0.717) is 103 Å². The zero-order valence-corrected chi connectivity index (χ0v) is 35.2. The molecule has 0 aliphatic carbocycles. The van der Waals surface area contributed by atoms with Crippen molar-refractivity contribution in [1.29, 1.82) is 0 Å². The number of aliphatic carboxylic acids is 1. The second-order valence-corrected chi connectivity index (χ2v) is 14.0. The molecule has 18 nitrogen and oxygen atoms in total. The zero-order valence-electron chi connectivity index (χ0n) is 35.2. The second kappa shape index (κ2) is 27.5. The lowest BCUT2D eigenvalue weighted by atomic mass is 9.95. The first kappa shape index (κ1) is 48.4. The molecule has 3 aromatic carbocycles. The predicted molar refractivity (Wildman–Crippen MR) is 233 cm³/mol. The van der Waals surface area contributed by atoms with E-state index in [0.717, 1.165) is 27.5 Å². The van der Waals surface area contributed by atoms with Gasteiger partial charge in [0.2, 0.25) is 17.7 Å². The van der Waals surface area contributed by atoms with Crippen molar-refractivity contribution in [3.05, 3.63) is 101 Å². The van der Waals surface area contributed by atoms with Crippen molar-refractivity contribution in [3.8, 4) is 16.9 Å². The standard InChI is InChI=1S/C44H56N8O10/c1-31-15-17-47-41(28-31)46-16-5-8-38(50-32(2)53)44(57)48-30-42(54)51-39(29-43(55)56)34-11-9-33(10-12-34)35-13-14-40(37-7-4-3-6-36(35)37)62-27-26-61-25-24-60-23-22-59-21-20-58-19-18-49-52-45/h3-4,6-7,9-15,17,28,38-39H,5,8,16,18-27,29-30H2,1-2H3,(H,46,47)(H,48,57)(H,50,53)(H,51,54)(H,55,56)/t38-,39?/m0/s1. The molecule has 0 aliphatic rings. The van der Waals surface area contributed by atoms with Gasteiger partial charge >= 0.3 is 5.97 Å². The summed E-state index contributed by atoms with van der Waals surface area (Å²) in [6.45, 7) is 7.26. The number of carbonyl (C=O) groups is 4. The summed E-state index contributed by atoms with van der Waals surface area (Å²) in [5.41, 5.74) is 11.7. The second-order valence-electron chi connectivity index (χ2n) is 14.0. The first-order valence-corrected chi connectivity index (χ1v) is 20.4. The summed E-state index contributed by atoms with van der Waals surface area (Å²) < 4.78 is 28.0. The summed E-state index contributed by atoms with van der Waals surface area (Å²) in [7, 11) is 0. The number of fused-ring (bicyclic) bond motifs is 1. The highest BCUT2D eigenvalue weighted by molar-refractivity contribution is 6.00. The van der Waals surface area contributed by atoms with Crippen LogP contribution in [0.1, 0.15) is 43.4 Å². The van der Waals surface area contributed by atoms with Crippen molar-refractivity contribution in [1.82, 2.24) is 20.9 Å². The summed E-state index contributed by atoms with van der Waals surface area (Å²) in [5, 5.41) is 26.1. The molecule has 0 saturated carbocycles. The molecule has 2 atom stereocenters. The van der Waals surface area contributed by atoms with Crippen LogP contribution < -0.4 is 26.0 Å². The molecule has 332 valence electrons. The van der Waals surface area contributed by atoms with Gasteiger partial charge in [-0.15, -0.1) is 0 Å². The lowest BCUT2D eigenvalue weighted by molar-refractivity contribution is -0.138. The SMILES string of the molecule is CC(=O)N[C@@H](CCCNc1cc(C)ccn1)C(=O)NCC(=O)NC(CC(=O)O)c1ccc(-c2ccc(OCCOCCOCCOCCOCCN=[N+]=[N-])c3ccccc23)cc1. The number of hydrogen-bond donors (Lipinski definition) is 5. The van der Waals surface area contributed by atoms with Gasteiger partial charge in [-0.2, -0.15) is 0 Å². The van der Waals surface area contributed by atoms with E-state index in [9.17, 15) is 24.3 Å². The molecule has 4 rings (SSSR count). The number of ether oxygens (including phenoxy) is 5. The number of anilines is 1. The smallest absolute Gasteiger partial charge is 0.305 e. The Balaban J connectivity index is 1.23. The van der Waals surface area contributed by atoms with Gasteiger partial charge in [-0.05, 0) is 71.1 Å². The molecule has 0 bridgehead atoms. The van der Waals surface area contributed by atoms with Gasteiger partial charge in [0.25, 0.3) is 0 Å². The lowest BCUT2D eigenvalue weighted by Gasteiger charge is -2.20. The Morgan fingerprint density at radius 2 is 1.48 bits per heavy atom. The number of carboxylic acids is 1. The number of carboxylic acid groups (broad SMARTS) is 1. The molecule has 4 aromatic rings. The fraction of sp³-hybridized carbons (Fsp3) is 0.432. The maximum absolute atomic E-state index is 13.0. The molecule has 5 N–H and O–H groups in total. The fourth-order valence-corrected chi connectivity index (χ4v) is 6.30. The van der Waals surface area contributed by atoms with Crippen molar-refractivity contribution in [2.75, 3.05) is 84.4 Å². The molecule has 62 heavy (non-hydrogen) atoms. The molecule has 3 amide bonds. The number of amides is 3. The number of nitrogens with zero attached hydrogens (tertiary/aromatic N) is 4. The molecule has 1 aromatic heterocycles. The minimum absolute atomic E-state index is 0.295. The summed E-state index contributed by atoms with van der Waals surface area (Å²) >= 11 is 0. The van der Waals surface area contributed by atoms with Crippen molar-refractivity contribution in [2.24, 2.45) is 5.11 Å². The number of aromatic nitrogens is 1. The highest BCUT2D eigenvalue weighted by Crippen LogP contribution is 2.35. The molecule has 0 saturated heterocycles. The van der Waals surface area contributed by atoms with Crippen LogP contribution >= 0.6 is 0 Å². The minimum Gasteiger partial charge on any atom is -0.491 e. The Kier molecular flexibility index (Phi) is 21.5. The first-order valence-electron chi connectivity index (χ1n) is 20.4. The lowest BCUT2D eigenvalue weighted by Crippen LogP contribution is -2.49. The Morgan fingerprint density at radius 3 is 2.13 bits per heavy atom. The summed E-state index contributed by atoms with van der Waals surface area (Å²) in [6, 6.07) is 21.1. The van der Waals surface area contributed by atoms with E-state index in [1.807, 2.05) is 67.6 Å². The molecule has 0 aliphatic heterocycles. The van der Waals surface area contributed by atoms with Gasteiger partial charge in [0.15, 0.2) is 0 Å². The summed E-state index contributed by atoms with van der Waals surface area (Å²) in [5.74, 6) is -1.19. The van der Waals surface area contributed by atoms with Gasteiger partial charge in [-0.25, -0.2) is 4.98 Å². The minimum atomic E-state index is -1.11. The van der Waals surface area contributed by atoms with E-state index in [1.165, 1.54) is 6.92 Å². The molecule has 0 fully saturated rings. The molecule has 0 spiro atoms. The first-order chi connectivity index (χ1) is 30.1. The summed E-state index contributed by atoms with van der Waals surface area (Å²) in [6.07, 6.45) is 2.18. The number of carbonyl (C=O) groups excluding carboxylic acids is 3. The molecular formula is C44H56N8O10. The quantitative estimate of drug-likeness (QED) is 0.0199. The molecule has 18 heteroatoms. The third kappa shape index (κ3) is 17.7. The fourth-order valence-electron chi connectivity index (χ4n) is 6.30. The highest BCUT2D eigenvalue weighted by atomic mass is 16.6. The number of rotatable bonds is 30. The average molecular weight is 857 g/mol. The van der Waals surface area contributed by atoms with Crippen molar-refractivity contribution in [2.45, 2.75) is 45.2 Å². The van der Waals surface area contributed by atoms with E-state index in [-0.39, 0.29) is 12.3 Å². The maximum atomic E-state index is 13.0. The zero-order chi connectivity index (χ0) is 44.4. The highest BCUT2D eigenvalue weighted by Gasteiger charge is 2.22. The van der Waals surface area contributed by atoms with E-state index in [2.05, 4.69) is 36.3 Å². The van der Waals surface area contributed by atoms with Crippen LogP contribution in [0.15, 0.2) is 84.1 Å². The van der Waals surface area contributed by atoms with Crippen LogP contribution in [0.5, 0.6) is 5.75 Å². The van der Waals surface area contributed by atoms with Gasteiger partial charge in [0.05, 0.1) is 71.9 Å². The van der Waals surface area contributed by atoms with Crippen molar-refractivity contribution >= 4 is 40.3 Å². The van der Waals surface area contributed by atoms with Crippen molar-refractivity contribution < 1.29 is 48.0 Å². The van der Waals surface area contributed by atoms with Crippen LogP contribution in [0.4, 0.5) is 5.82 Å². The van der Waals surface area contributed by atoms with Gasteiger partial charge in [0, 0.05) is 36.5 Å². The number of pyridine rings is 1. The number of azide groups is 1. The number of nitrogens with one attached hydrogen (secondary N) is 4. The maximum Gasteiger partial charge on any atom is 0.305 e. The Morgan fingerprint density at radius 1 is 0.823 bits per heavy atom. The molecule has 1 heterocycles. The number of benzene rings is 3. The predicted octanol–water partition coefficient (Wildman–Crippen LogP) is 5.11. The number of hydrogen-bond acceptors (Lipinski definition) is 12. The Hall–Kier alpha value is -6.30. The van der Waals surface area contributed by atoms with Gasteiger partial charge in [-0.3, -0.25) is 19.2 Å². The van der Waals surface area contributed by atoms with Crippen LogP contribution in [0.3, 0.4) is 0 Å². The van der Waals surface area contributed by atoms with E-state index < -0.39 is 36.4 Å². The van der Waals surface area contributed by atoms with Crippen LogP contribution in [-0.2, 0) is 38.1 Å². The molecule has 1 unspecified atom stereocenters. The van der Waals surface area contributed by atoms with Crippen LogP contribution in [0.25, 0.3) is 32.3 Å². The normalized spacial score (nSPS) is 11.8.